The summed E-state index contributed by atoms with van der Waals surface area (Å²) in [6, 6.07) is 23.4. The van der Waals surface area contributed by atoms with Crippen LogP contribution in [0.5, 0.6) is 5.75 Å². The van der Waals surface area contributed by atoms with Crippen LogP contribution in [0, 0.1) is 0 Å². The van der Waals surface area contributed by atoms with E-state index in [1.165, 1.54) is 5.56 Å². The van der Waals surface area contributed by atoms with Gasteiger partial charge in [0.15, 0.2) is 0 Å². The molecule has 7 heteroatoms. The summed E-state index contributed by atoms with van der Waals surface area (Å²) in [5, 5.41) is 7.17. The van der Waals surface area contributed by atoms with Crippen LogP contribution in [0.1, 0.15) is 23.1 Å². The standard InChI is InChI=1S/C28H27ClN4O2/c29-23-10-6-19(7-11-23)3-2-14-35-25-5-1-4-21(15-25)26-16-22-18-33(28(34)32-27(22)31-26)24-12-8-20(17-30)9-13-24/h1,4-13,15-16,18,27,31H,2-3,14,17,30H2,(H,32,34). The first-order valence-electron chi connectivity index (χ1n) is 11.7. The van der Waals surface area contributed by atoms with Crippen LogP contribution < -0.4 is 26.0 Å². The zero-order valence-corrected chi connectivity index (χ0v) is 20.0. The van der Waals surface area contributed by atoms with Gasteiger partial charge in [-0.25, -0.2) is 4.79 Å². The molecule has 2 aliphatic heterocycles. The number of ether oxygens (including phenoxy) is 1. The Hall–Kier alpha value is -3.74. The molecule has 4 N–H and O–H groups in total. The number of rotatable bonds is 8. The molecule has 35 heavy (non-hydrogen) atoms. The molecule has 2 amide bonds. The first kappa shape index (κ1) is 23.0. The van der Waals surface area contributed by atoms with Crippen LogP contribution >= 0.6 is 11.6 Å². The number of amides is 2. The van der Waals surface area contributed by atoms with Crippen LogP contribution in [0.15, 0.2) is 90.6 Å². The van der Waals surface area contributed by atoms with Gasteiger partial charge in [-0.3, -0.25) is 4.90 Å². The summed E-state index contributed by atoms with van der Waals surface area (Å²) < 4.78 is 6.00. The maximum atomic E-state index is 12.7. The van der Waals surface area contributed by atoms with Gasteiger partial charge in [0.05, 0.1) is 12.3 Å². The molecule has 2 aliphatic rings. The van der Waals surface area contributed by atoms with Crippen LogP contribution in [-0.4, -0.2) is 18.8 Å². The minimum atomic E-state index is -0.263. The normalized spacial score (nSPS) is 16.7. The van der Waals surface area contributed by atoms with E-state index >= 15 is 0 Å². The molecule has 178 valence electrons. The number of fused-ring (bicyclic) bond motifs is 1. The van der Waals surface area contributed by atoms with Gasteiger partial charge < -0.3 is 21.1 Å². The lowest BCUT2D eigenvalue weighted by Crippen LogP contribution is -2.51. The average Bonchev–Trinajstić information content (AvgIpc) is 3.30. The number of nitrogens with two attached hydrogens (primary N) is 1. The first-order chi connectivity index (χ1) is 17.1. The SMILES string of the molecule is NCc1ccc(N2C=C3C=C(c4cccc(OCCCc5ccc(Cl)cc5)c4)NC3NC2=O)cc1. The molecule has 1 atom stereocenters. The highest BCUT2D eigenvalue weighted by Crippen LogP contribution is 2.29. The van der Waals surface area contributed by atoms with Crippen molar-refractivity contribution in [1.82, 2.24) is 10.6 Å². The fourth-order valence-electron chi connectivity index (χ4n) is 4.18. The topological polar surface area (TPSA) is 79.6 Å². The van der Waals surface area contributed by atoms with Crippen LogP contribution in [0.2, 0.25) is 5.02 Å². The van der Waals surface area contributed by atoms with Crippen molar-refractivity contribution in [3.8, 4) is 5.75 Å². The summed E-state index contributed by atoms with van der Waals surface area (Å²) in [6.45, 7) is 1.09. The molecule has 3 aromatic carbocycles. The van der Waals surface area contributed by atoms with Gasteiger partial charge in [0.1, 0.15) is 11.9 Å². The van der Waals surface area contributed by atoms with E-state index in [1.54, 1.807) is 4.90 Å². The van der Waals surface area contributed by atoms with E-state index in [9.17, 15) is 4.79 Å². The van der Waals surface area contributed by atoms with E-state index in [0.29, 0.717) is 13.2 Å². The van der Waals surface area contributed by atoms with E-state index in [-0.39, 0.29) is 12.2 Å². The Labute approximate surface area is 210 Å². The van der Waals surface area contributed by atoms with Crippen molar-refractivity contribution in [2.75, 3.05) is 11.5 Å². The van der Waals surface area contributed by atoms with Crippen LogP contribution in [-0.2, 0) is 13.0 Å². The fraction of sp³-hybridized carbons (Fsp3) is 0.179. The number of aryl methyl sites for hydroxylation is 1. The summed E-state index contributed by atoms with van der Waals surface area (Å²) in [6.07, 6.45) is 5.52. The molecule has 3 aromatic rings. The minimum Gasteiger partial charge on any atom is -0.494 e. The fourth-order valence-corrected chi connectivity index (χ4v) is 4.31. The third-order valence-corrected chi connectivity index (χ3v) is 6.35. The molecule has 0 saturated heterocycles. The summed E-state index contributed by atoms with van der Waals surface area (Å²) in [4.78, 5) is 14.3. The predicted molar refractivity (Wildman–Crippen MR) is 140 cm³/mol. The van der Waals surface area contributed by atoms with Crippen LogP contribution in [0.4, 0.5) is 10.5 Å². The Kier molecular flexibility index (Phi) is 6.75. The molecule has 0 radical (unpaired) electrons. The zero-order chi connectivity index (χ0) is 24.2. The maximum Gasteiger partial charge on any atom is 0.327 e. The molecule has 2 heterocycles. The van der Waals surface area contributed by atoms with Gasteiger partial charge in [-0.1, -0.05) is 48.0 Å². The van der Waals surface area contributed by atoms with Crippen LogP contribution in [0.25, 0.3) is 5.70 Å². The van der Waals surface area contributed by atoms with Crippen molar-refractivity contribution in [2.24, 2.45) is 5.73 Å². The van der Waals surface area contributed by atoms with E-state index in [0.717, 1.165) is 51.7 Å². The molecular weight excluding hydrogens is 460 g/mol. The highest BCUT2D eigenvalue weighted by molar-refractivity contribution is 6.30. The highest BCUT2D eigenvalue weighted by Gasteiger charge is 2.31. The Morgan fingerprint density at radius 3 is 2.51 bits per heavy atom. The average molecular weight is 487 g/mol. The molecule has 0 aliphatic carbocycles. The number of hydrogen-bond acceptors (Lipinski definition) is 4. The lowest BCUT2D eigenvalue weighted by molar-refractivity contribution is 0.244. The highest BCUT2D eigenvalue weighted by atomic mass is 35.5. The van der Waals surface area contributed by atoms with Gasteiger partial charge in [-0.05, 0) is 66.4 Å². The quantitative estimate of drug-likeness (QED) is 0.383. The van der Waals surface area contributed by atoms with Crippen molar-refractivity contribution in [2.45, 2.75) is 25.6 Å². The third kappa shape index (κ3) is 5.34. The van der Waals surface area contributed by atoms with Gasteiger partial charge in [-0.2, -0.15) is 0 Å². The van der Waals surface area contributed by atoms with Gasteiger partial charge in [0.25, 0.3) is 0 Å². The van der Waals surface area contributed by atoms with Gasteiger partial charge >= 0.3 is 6.03 Å². The summed E-state index contributed by atoms with van der Waals surface area (Å²) in [5.41, 5.74) is 11.7. The van der Waals surface area contributed by atoms with E-state index in [1.807, 2.05) is 79.0 Å². The molecule has 1 unspecified atom stereocenters. The maximum absolute atomic E-state index is 12.7. The number of nitrogens with zero attached hydrogens (tertiary/aromatic N) is 1. The molecule has 0 fully saturated rings. The summed E-state index contributed by atoms with van der Waals surface area (Å²) in [7, 11) is 0. The van der Waals surface area contributed by atoms with Crippen molar-refractivity contribution in [3.05, 3.63) is 112 Å². The zero-order valence-electron chi connectivity index (χ0n) is 19.2. The number of anilines is 1. The lowest BCUT2D eigenvalue weighted by atomic mass is 10.1. The molecule has 0 saturated carbocycles. The molecule has 0 aromatic heterocycles. The number of benzene rings is 3. The lowest BCUT2D eigenvalue weighted by Gasteiger charge is -2.29. The Morgan fingerprint density at radius 2 is 1.74 bits per heavy atom. The summed E-state index contributed by atoms with van der Waals surface area (Å²) in [5.74, 6) is 0.816. The Morgan fingerprint density at radius 1 is 0.971 bits per heavy atom. The third-order valence-electron chi connectivity index (χ3n) is 6.10. The number of nitrogens with one attached hydrogen (secondary N) is 2. The molecule has 5 rings (SSSR count). The van der Waals surface area contributed by atoms with Crippen molar-refractivity contribution >= 4 is 29.0 Å². The van der Waals surface area contributed by atoms with Crippen LogP contribution in [0.3, 0.4) is 0 Å². The van der Waals surface area contributed by atoms with Crippen molar-refractivity contribution < 1.29 is 9.53 Å². The number of hydrogen-bond donors (Lipinski definition) is 3. The molecule has 0 spiro atoms. The van der Waals surface area contributed by atoms with Gasteiger partial charge in [-0.15, -0.1) is 0 Å². The molecule has 0 bridgehead atoms. The number of carbonyl (C=O) groups is 1. The Bertz CT molecular complexity index is 1270. The second-order valence-corrected chi connectivity index (χ2v) is 9.00. The molecule has 6 nitrogen and oxygen atoms in total. The van der Waals surface area contributed by atoms with Gasteiger partial charge in [0.2, 0.25) is 0 Å². The van der Waals surface area contributed by atoms with E-state index in [4.69, 9.17) is 22.1 Å². The monoisotopic (exact) mass is 486 g/mol. The van der Waals surface area contributed by atoms with Crippen molar-refractivity contribution in [1.29, 1.82) is 0 Å². The predicted octanol–water partition coefficient (Wildman–Crippen LogP) is 5.19. The number of urea groups is 1. The largest absolute Gasteiger partial charge is 0.494 e. The second kappa shape index (κ2) is 10.3. The van der Waals surface area contributed by atoms with E-state index in [2.05, 4.69) is 16.7 Å². The Balaban J connectivity index is 1.24. The van der Waals surface area contributed by atoms with Gasteiger partial charge in [0, 0.05) is 34.6 Å². The minimum absolute atomic E-state index is 0.181. The smallest absolute Gasteiger partial charge is 0.327 e. The second-order valence-electron chi connectivity index (χ2n) is 8.56. The number of halogens is 1. The van der Waals surface area contributed by atoms with E-state index < -0.39 is 0 Å². The van der Waals surface area contributed by atoms with Crippen molar-refractivity contribution in [3.63, 3.8) is 0 Å². The molecular formula is C28H27ClN4O2. The first-order valence-corrected chi connectivity index (χ1v) is 12.0. The number of carbonyl (C=O) groups excluding carboxylic acids is 1. The summed E-state index contributed by atoms with van der Waals surface area (Å²) >= 11 is 5.95.